The molecule has 0 amide bonds. The number of nitrogens with one attached hydrogen (secondary N) is 2. The first kappa shape index (κ1) is 20.5. The molecule has 2 aromatic rings. The van der Waals surface area contributed by atoms with Crippen LogP contribution in [-0.2, 0) is 26.9 Å². The Hall–Kier alpha value is -2.72. The van der Waals surface area contributed by atoms with Crippen LogP contribution in [-0.4, -0.2) is 56.2 Å². The first-order chi connectivity index (χ1) is 14.2. The molecule has 0 radical (unpaired) electrons. The topological polar surface area (TPSA) is 98.6 Å². The molecule has 2 atom stereocenters. The lowest BCUT2D eigenvalue weighted by Gasteiger charge is -2.43. The number of fused-ring (bicyclic) bond motifs is 1. The van der Waals surface area contributed by atoms with E-state index in [0.717, 1.165) is 15.6 Å². The Bertz CT molecular complexity index is 1110. The minimum Gasteiger partial charge on any atom is -0.380 e. The van der Waals surface area contributed by atoms with Crippen molar-refractivity contribution in [1.82, 2.24) is 14.6 Å². The third kappa shape index (κ3) is 3.10. The summed E-state index contributed by atoms with van der Waals surface area (Å²) in [5, 5.41) is 10.2. The molecule has 8 nitrogen and oxygen atoms in total. The molecular weight excluding hydrogens is 409 g/mol. The van der Waals surface area contributed by atoms with E-state index in [1.807, 2.05) is 24.0 Å². The lowest BCUT2D eigenvalue weighted by Crippen LogP contribution is -2.67. The van der Waals surface area contributed by atoms with Gasteiger partial charge in [-0.2, -0.15) is 0 Å². The molecule has 10 heteroatoms. The van der Waals surface area contributed by atoms with Crippen LogP contribution in [0.2, 0.25) is 0 Å². The van der Waals surface area contributed by atoms with Gasteiger partial charge < -0.3 is 15.0 Å². The highest BCUT2D eigenvalue weighted by Gasteiger charge is 2.60. The smallest absolute Gasteiger partial charge is 0.244 e. The van der Waals surface area contributed by atoms with Crippen molar-refractivity contribution in [2.75, 3.05) is 32.1 Å². The van der Waals surface area contributed by atoms with Gasteiger partial charge in [0.2, 0.25) is 16.0 Å². The summed E-state index contributed by atoms with van der Waals surface area (Å²) in [4.78, 5) is 6.41. The van der Waals surface area contributed by atoms with Crippen LogP contribution >= 0.6 is 0 Å². The van der Waals surface area contributed by atoms with Crippen LogP contribution < -0.4 is 10.2 Å². The predicted molar refractivity (Wildman–Crippen MR) is 111 cm³/mol. The summed E-state index contributed by atoms with van der Waals surface area (Å²) in [6.45, 7) is 2.52. The second kappa shape index (κ2) is 7.21. The van der Waals surface area contributed by atoms with Crippen molar-refractivity contribution in [1.29, 1.82) is 5.41 Å². The number of methoxy groups -OCH3 is 1. The Labute approximate surface area is 175 Å². The van der Waals surface area contributed by atoms with Gasteiger partial charge in [0.1, 0.15) is 22.4 Å². The number of hydrogen-bond donors (Lipinski definition) is 2. The normalized spacial score (nSPS) is 25.2. The third-order valence-corrected chi connectivity index (χ3v) is 7.98. The summed E-state index contributed by atoms with van der Waals surface area (Å²) in [6.07, 6.45) is 0. The van der Waals surface area contributed by atoms with Gasteiger partial charge in [0.15, 0.2) is 0 Å². The highest BCUT2D eigenvalue weighted by Crippen LogP contribution is 2.42. The number of ether oxygens (including phenoxy) is 1. The summed E-state index contributed by atoms with van der Waals surface area (Å²) in [6, 6.07) is 9.87. The summed E-state index contributed by atoms with van der Waals surface area (Å²) < 4.78 is 47.5. The highest BCUT2D eigenvalue weighted by atomic mass is 32.2. The standard InChI is InChI=1S/C20H24FN5O3S/c1-13-8-14(11-29-3)9-18(23-13)26-10-17-20(12-26,15-6-4-5-7-16(15)21)24-19(22)25(2)30(17,27)28/h4-9,17H,10-12H2,1-3H3,(H2,22,24)/t17?,20-/m1/s1. The molecule has 30 heavy (non-hydrogen) atoms. The van der Waals surface area contributed by atoms with Gasteiger partial charge in [-0.05, 0) is 30.7 Å². The van der Waals surface area contributed by atoms with Crippen LogP contribution in [0.15, 0.2) is 36.4 Å². The number of pyridine rings is 1. The maximum absolute atomic E-state index is 14.9. The van der Waals surface area contributed by atoms with E-state index in [9.17, 15) is 12.8 Å². The third-order valence-electron chi connectivity index (χ3n) is 5.76. The maximum Gasteiger partial charge on any atom is 0.244 e. The first-order valence-corrected chi connectivity index (χ1v) is 11.0. The zero-order valence-corrected chi connectivity index (χ0v) is 17.8. The first-order valence-electron chi connectivity index (χ1n) is 9.50. The number of rotatable bonds is 4. The summed E-state index contributed by atoms with van der Waals surface area (Å²) in [7, 11) is -0.962. The Morgan fingerprint density at radius 1 is 1.37 bits per heavy atom. The average Bonchev–Trinajstić information content (AvgIpc) is 3.08. The van der Waals surface area contributed by atoms with E-state index in [-0.39, 0.29) is 24.6 Å². The summed E-state index contributed by atoms with van der Waals surface area (Å²) in [5.74, 6) is -0.200. The second-order valence-electron chi connectivity index (χ2n) is 7.71. The Morgan fingerprint density at radius 3 is 2.80 bits per heavy atom. The quantitative estimate of drug-likeness (QED) is 0.759. The molecule has 2 N–H and O–H groups in total. The largest absolute Gasteiger partial charge is 0.380 e. The van der Waals surface area contributed by atoms with Gasteiger partial charge in [0.05, 0.1) is 6.61 Å². The molecule has 0 aliphatic carbocycles. The molecular formula is C20H24FN5O3S. The van der Waals surface area contributed by atoms with Gasteiger partial charge in [-0.1, -0.05) is 18.2 Å². The molecule has 4 rings (SSSR count). The molecule has 1 aromatic carbocycles. The van der Waals surface area contributed by atoms with Crippen molar-refractivity contribution in [3.8, 4) is 0 Å². The SMILES string of the molecule is COCc1cc(C)nc(N2CC3[C@](c4ccccc4F)(C2)NC(=N)N(C)S3(=O)=O)c1. The van der Waals surface area contributed by atoms with E-state index in [4.69, 9.17) is 10.1 Å². The van der Waals surface area contributed by atoms with Gasteiger partial charge in [-0.15, -0.1) is 0 Å². The van der Waals surface area contributed by atoms with Crippen LogP contribution in [0.25, 0.3) is 0 Å². The van der Waals surface area contributed by atoms with Crippen molar-refractivity contribution in [2.45, 2.75) is 24.3 Å². The van der Waals surface area contributed by atoms with Crippen molar-refractivity contribution >= 4 is 21.8 Å². The molecule has 160 valence electrons. The summed E-state index contributed by atoms with van der Waals surface area (Å²) >= 11 is 0. The number of hydrogen-bond acceptors (Lipinski definition) is 6. The molecule has 1 aromatic heterocycles. The highest BCUT2D eigenvalue weighted by molar-refractivity contribution is 7.90. The predicted octanol–water partition coefficient (Wildman–Crippen LogP) is 1.56. The van der Waals surface area contributed by atoms with Gasteiger partial charge in [-0.3, -0.25) is 5.41 Å². The van der Waals surface area contributed by atoms with Gasteiger partial charge in [0.25, 0.3) is 0 Å². The minimum atomic E-state index is -3.90. The Kier molecular flexibility index (Phi) is 4.94. The number of aryl methyl sites for hydroxylation is 1. The minimum absolute atomic E-state index is 0.115. The molecule has 0 bridgehead atoms. The lowest BCUT2D eigenvalue weighted by molar-refractivity contribution is 0.185. The van der Waals surface area contributed by atoms with Gasteiger partial charge in [-0.25, -0.2) is 22.1 Å². The van der Waals surface area contributed by atoms with Crippen molar-refractivity contribution in [3.05, 3.63) is 59.0 Å². The molecule has 3 heterocycles. The molecule has 2 fully saturated rings. The van der Waals surface area contributed by atoms with Crippen LogP contribution in [0, 0.1) is 18.2 Å². The lowest BCUT2D eigenvalue weighted by atomic mass is 9.88. The molecule has 0 saturated carbocycles. The Morgan fingerprint density at radius 2 is 2.10 bits per heavy atom. The number of aromatic nitrogens is 1. The molecule has 2 saturated heterocycles. The number of guanidine groups is 1. The van der Waals surface area contributed by atoms with E-state index in [1.165, 1.54) is 13.1 Å². The molecule has 2 aliphatic rings. The number of nitrogens with zero attached hydrogens (tertiary/aromatic N) is 3. The van der Waals surface area contributed by atoms with Gasteiger partial charge in [0, 0.05) is 38.5 Å². The van der Waals surface area contributed by atoms with Crippen LogP contribution in [0.4, 0.5) is 10.2 Å². The van der Waals surface area contributed by atoms with E-state index in [0.29, 0.717) is 12.4 Å². The van der Waals surface area contributed by atoms with Crippen molar-refractivity contribution in [3.63, 3.8) is 0 Å². The maximum atomic E-state index is 14.9. The van der Waals surface area contributed by atoms with E-state index in [2.05, 4.69) is 10.3 Å². The van der Waals surface area contributed by atoms with E-state index < -0.39 is 26.6 Å². The molecule has 2 aliphatic heterocycles. The number of benzene rings is 1. The monoisotopic (exact) mass is 433 g/mol. The number of sulfonamides is 1. The fourth-order valence-corrected chi connectivity index (χ4v) is 6.18. The number of halogens is 1. The van der Waals surface area contributed by atoms with Crippen molar-refractivity contribution < 1.29 is 17.5 Å². The fraction of sp³-hybridized carbons (Fsp3) is 0.400. The zero-order chi connectivity index (χ0) is 21.7. The van der Waals surface area contributed by atoms with E-state index >= 15 is 0 Å². The molecule has 1 unspecified atom stereocenters. The average molecular weight is 434 g/mol. The zero-order valence-electron chi connectivity index (χ0n) is 17.0. The van der Waals surface area contributed by atoms with Crippen LogP contribution in [0.5, 0.6) is 0 Å². The Balaban J connectivity index is 1.86. The fourth-order valence-electron chi connectivity index (χ4n) is 4.36. The number of anilines is 1. The van der Waals surface area contributed by atoms with Crippen LogP contribution in [0.3, 0.4) is 0 Å². The second-order valence-corrected chi connectivity index (χ2v) is 9.86. The van der Waals surface area contributed by atoms with Crippen LogP contribution in [0.1, 0.15) is 16.8 Å². The molecule has 0 spiro atoms. The van der Waals surface area contributed by atoms with Crippen molar-refractivity contribution in [2.24, 2.45) is 0 Å². The summed E-state index contributed by atoms with van der Waals surface area (Å²) in [5.41, 5.74) is 0.606. The van der Waals surface area contributed by atoms with Gasteiger partial charge >= 0.3 is 0 Å². The van der Waals surface area contributed by atoms with E-state index in [1.54, 1.807) is 25.3 Å².